The van der Waals surface area contributed by atoms with Crippen LogP contribution in [0.5, 0.6) is 0 Å². The van der Waals surface area contributed by atoms with Crippen LogP contribution in [0, 0.1) is 0 Å². The standard InChI is InChI=1S/C12H23BN2O3/c1-8(16)10-9(7-14-15(10)6)13-17-11(2,3)12(4,5)18-13/h8,14,16H,7H2,1-6H3. The minimum absolute atomic E-state index is 0.352. The number of nitrogens with zero attached hydrogens (tertiary/aromatic N) is 1. The molecule has 2 aliphatic rings. The third-order valence-electron chi connectivity index (χ3n) is 4.13. The van der Waals surface area contributed by atoms with Crippen LogP contribution in [-0.4, -0.2) is 48.1 Å². The van der Waals surface area contributed by atoms with Crippen LogP contribution < -0.4 is 5.43 Å². The minimum Gasteiger partial charge on any atom is -0.399 e. The molecule has 1 unspecified atom stereocenters. The van der Waals surface area contributed by atoms with Crippen molar-refractivity contribution in [1.82, 2.24) is 10.4 Å². The second-order valence-electron chi connectivity index (χ2n) is 6.07. The lowest BCUT2D eigenvalue weighted by molar-refractivity contribution is 0.00578. The summed E-state index contributed by atoms with van der Waals surface area (Å²) in [7, 11) is 1.50. The molecule has 2 rings (SSSR count). The van der Waals surface area contributed by atoms with Crippen molar-refractivity contribution in [2.45, 2.75) is 51.9 Å². The molecule has 6 heteroatoms. The van der Waals surface area contributed by atoms with Crippen molar-refractivity contribution in [2.24, 2.45) is 0 Å². The van der Waals surface area contributed by atoms with Gasteiger partial charge in [0.25, 0.3) is 0 Å². The SMILES string of the molecule is CC(O)C1=C(B2OC(C)(C)C(C)(C)O2)CNN1C. The summed E-state index contributed by atoms with van der Waals surface area (Å²) in [5.74, 6) is 0. The number of hydrazine groups is 1. The molecule has 0 saturated carbocycles. The zero-order valence-corrected chi connectivity index (χ0v) is 12.1. The van der Waals surface area contributed by atoms with Crippen molar-refractivity contribution in [3.05, 3.63) is 11.2 Å². The maximum atomic E-state index is 9.86. The van der Waals surface area contributed by atoms with E-state index >= 15 is 0 Å². The number of rotatable bonds is 2. The molecule has 0 radical (unpaired) electrons. The van der Waals surface area contributed by atoms with Crippen LogP contribution in [0.25, 0.3) is 0 Å². The van der Waals surface area contributed by atoms with Crippen LogP contribution in [0.15, 0.2) is 11.2 Å². The lowest BCUT2D eigenvalue weighted by Gasteiger charge is -2.32. The monoisotopic (exact) mass is 254 g/mol. The Hall–Kier alpha value is -0.555. The van der Waals surface area contributed by atoms with E-state index < -0.39 is 13.2 Å². The summed E-state index contributed by atoms with van der Waals surface area (Å²) in [6.45, 7) is 10.5. The van der Waals surface area contributed by atoms with E-state index in [0.29, 0.717) is 6.54 Å². The fourth-order valence-corrected chi connectivity index (χ4v) is 2.33. The first-order valence-corrected chi connectivity index (χ1v) is 6.39. The van der Waals surface area contributed by atoms with Crippen molar-refractivity contribution in [3.8, 4) is 0 Å². The van der Waals surface area contributed by atoms with Gasteiger partial charge in [0.1, 0.15) is 0 Å². The van der Waals surface area contributed by atoms with E-state index in [-0.39, 0.29) is 11.2 Å². The highest BCUT2D eigenvalue weighted by Gasteiger charge is 2.53. The highest BCUT2D eigenvalue weighted by molar-refractivity contribution is 6.55. The second-order valence-corrected chi connectivity index (χ2v) is 6.07. The van der Waals surface area contributed by atoms with Crippen LogP contribution in [0.3, 0.4) is 0 Å². The molecule has 18 heavy (non-hydrogen) atoms. The van der Waals surface area contributed by atoms with E-state index in [1.807, 2.05) is 39.8 Å². The van der Waals surface area contributed by atoms with Crippen molar-refractivity contribution in [2.75, 3.05) is 13.6 Å². The van der Waals surface area contributed by atoms with E-state index in [9.17, 15) is 5.11 Å². The maximum Gasteiger partial charge on any atom is 0.493 e. The Morgan fingerprint density at radius 3 is 2.22 bits per heavy atom. The van der Waals surface area contributed by atoms with Gasteiger partial charge in [0.15, 0.2) is 0 Å². The molecular weight excluding hydrogens is 231 g/mol. The molecule has 2 N–H and O–H groups in total. The summed E-state index contributed by atoms with van der Waals surface area (Å²) in [5, 5.41) is 11.7. The highest BCUT2D eigenvalue weighted by atomic mass is 16.7. The first kappa shape index (κ1) is 13.9. The summed E-state index contributed by atoms with van der Waals surface area (Å²) in [4.78, 5) is 0. The third kappa shape index (κ3) is 2.07. The van der Waals surface area contributed by atoms with Crippen LogP contribution in [-0.2, 0) is 9.31 Å². The maximum absolute atomic E-state index is 9.86. The highest BCUT2D eigenvalue weighted by Crippen LogP contribution is 2.39. The molecule has 0 spiro atoms. The van der Waals surface area contributed by atoms with Gasteiger partial charge < -0.3 is 19.4 Å². The van der Waals surface area contributed by atoms with Gasteiger partial charge in [-0.15, -0.1) is 0 Å². The minimum atomic E-state index is -0.543. The molecule has 0 aliphatic carbocycles. The van der Waals surface area contributed by atoms with Gasteiger partial charge in [-0.25, -0.2) is 5.43 Å². The van der Waals surface area contributed by atoms with E-state index in [1.54, 1.807) is 6.92 Å². The summed E-state index contributed by atoms with van der Waals surface area (Å²) < 4.78 is 12.0. The molecule has 1 atom stereocenters. The van der Waals surface area contributed by atoms with E-state index in [2.05, 4.69) is 5.43 Å². The first-order chi connectivity index (χ1) is 8.16. The Balaban J connectivity index is 2.29. The largest absolute Gasteiger partial charge is 0.493 e. The summed E-state index contributed by atoms with van der Waals surface area (Å²) in [6, 6.07) is 0. The molecule has 1 saturated heterocycles. The summed E-state index contributed by atoms with van der Waals surface area (Å²) in [6.07, 6.45) is -0.543. The summed E-state index contributed by atoms with van der Waals surface area (Å²) >= 11 is 0. The van der Waals surface area contributed by atoms with Crippen LogP contribution in [0.4, 0.5) is 0 Å². The first-order valence-electron chi connectivity index (χ1n) is 6.39. The predicted molar refractivity (Wildman–Crippen MR) is 70.6 cm³/mol. The smallest absolute Gasteiger partial charge is 0.399 e. The van der Waals surface area contributed by atoms with Gasteiger partial charge in [0, 0.05) is 13.6 Å². The zero-order chi connectivity index (χ0) is 13.7. The zero-order valence-electron chi connectivity index (χ0n) is 12.1. The lowest BCUT2D eigenvalue weighted by atomic mass is 9.76. The molecule has 0 bridgehead atoms. The van der Waals surface area contributed by atoms with Crippen LogP contribution in [0.1, 0.15) is 34.6 Å². The molecule has 1 fully saturated rings. The van der Waals surface area contributed by atoms with Crippen molar-refractivity contribution >= 4 is 7.12 Å². The molecule has 5 nitrogen and oxygen atoms in total. The normalized spacial score (nSPS) is 28.2. The number of hydrogen-bond donors (Lipinski definition) is 2. The van der Waals surface area contributed by atoms with Gasteiger partial charge in [-0.05, 0) is 40.1 Å². The average molecular weight is 254 g/mol. The summed E-state index contributed by atoms with van der Waals surface area (Å²) in [5.41, 5.74) is 4.29. The van der Waals surface area contributed by atoms with Gasteiger partial charge >= 0.3 is 7.12 Å². The average Bonchev–Trinajstić information content (AvgIpc) is 2.66. The number of aliphatic hydroxyl groups is 1. The lowest BCUT2D eigenvalue weighted by Crippen LogP contribution is -2.41. The molecule has 2 aliphatic heterocycles. The van der Waals surface area contributed by atoms with Gasteiger partial charge in [0.05, 0.1) is 23.0 Å². The van der Waals surface area contributed by atoms with Crippen LogP contribution >= 0.6 is 0 Å². The molecule has 0 amide bonds. The van der Waals surface area contributed by atoms with Gasteiger partial charge in [-0.1, -0.05) is 0 Å². The van der Waals surface area contributed by atoms with E-state index in [0.717, 1.165) is 11.2 Å². The number of hydrogen-bond acceptors (Lipinski definition) is 5. The fourth-order valence-electron chi connectivity index (χ4n) is 2.33. The van der Waals surface area contributed by atoms with Gasteiger partial charge in [-0.2, -0.15) is 0 Å². The molecule has 0 aromatic rings. The molecule has 2 heterocycles. The number of nitrogens with one attached hydrogen (secondary N) is 1. The van der Waals surface area contributed by atoms with Crippen molar-refractivity contribution in [3.63, 3.8) is 0 Å². The Kier molecular flexibility index (Phi) is 3.26. The van der Waals surface area contributed by atoms with Crippen LogP contribution in [0.2, 0.25) is 0 Å². The Morgan fingerprint density at radius 2 is 1.78 bits per heavy atom. The number of likely N-dealkylation sites (N-methyl/N-ethyl adjacent to an activating group) is 1. The number of aliphatic hydroxyl groups excluding tert-OH is 1. The van der Waals surface area contributed by atoms with Gasteiger partial charge in [-0.3, -0.25) is 0 Å². The predicted octanol–water partition coefficient (Wildman–Crippen LogP) is 0.703. The fraction of sp³-hybridized carbons (Fsp3) is 0.833. The van der Waals surface area contributed by atoms with Crippen molar-refractivity contribution < 1.29 is 14.4 Å². The van der Waals surface area contributed by atoms with E-state index in [1.165, 1.54) is 0 Å². The molecule has 0 aromatic heterocycles. The molecule has 102 valence electrons. The molecular formula is C12H23BN2O3. The Labute approximate surface area is 109 Å². The van der Waals surface area contributed by atoms with Gasteiger partial charge in [0.2, 0.25) is 0 Å². The molecule has 0 aromatic carbocycles. The van der Waals surface area contributed by atoms with Crippen molar-refractivity contribution in [1.29, 1.82) is 0 Å². The third-order valence-corrected chi connectivity index (χ3v) is 4.13. The Morgan fingerprint density at radius 1 is 1.28 bits per heavy atom. The second kappa shape index (κ2) is 4.23. The quantitative estimate of drug-likeness (QED) is 0.710. The Bertz CT molecular complexity index is 364. The topological polar surface area (TPSA) is 54.0 Å². The van der Waals surface area contributed by atoms with E-state index in [4.69, 9.17) is 9.31 Å².